The van der Waals surface area contributed by atoms with E-state index in [2.05, 4.69) is 17.4 Å². The number of aryl methyl sites for hydroxylation is 2. The van der Waals surface area contributed by atoms with Crippen molar-refractivity contribution in [3.05, 3.63) is 29.3 Å². The Bertz CT molecular complexity index is 532. The van der Waals surface area contributed by atoms with Gasteiger partial charge in [-0.3, -0.25) is 4.79 Å². The zero-order valence-electron chi connectivity index (χ0n) is 14.3. The lowest BCUT2D eigenvalue weighted by molar-refractivity contribution is -0.128. The number of fused-ring (bicyclic) bond motifs is 1. The van der Waals surface area contributed by atoms with Crippen molar-refractivity contribution in [2.45, 2.75) is 83.3 Å². The van der Waals surface area contributed by atoms with Crippen molar-refractivity contribution in [1.29, 1.82) is 0 Å². The Labute approximate surface area is 139 Å². The van der Waals surface area contributed by atoms with Gasteiger partial charge in [-0.2, -0.15) is 0 Å². The molecule has 0 radical (unpaired) electrons. The summed E-state index contributed by atoms with van der Waals surface area (Å²) >= 11 is 0. The van der Waals surface area contributed by atoms with Gasteiger partial charge in [0.15, 0.2) is 6.10 Å². The number of carbonyl (C=O) groups is 1. The molecule has 0 bridgehead atoms. The molecule has 23 heavy (non-hydrogen) atoms. The van der Waals surface area contributed by atoms with Crippen LogP contribution in [-0.2, 0) is 17.6 Å². The molecule has 0 aromatic heterocycles. The van der Waals surface area contributed by atoms with Gasteiger partial charge in [-0.1, -0.05) is 31.7 Å². The summed E-state index contributed by atoms with van der Waals surface area (Å²) in [7, 11) is 0. The molecule has 0 spiro atoms. The van der Waals surface area contributed by atoms with Gasteiger partial charge in [-0.15, -0.1) is 0 Å². The lowest BCUT2D eigenvalue weighted by Gasteiger charge is -2.21. The van der Waals surface area contributed by atoms with E-state index < -0.39 is 6.10 Å². The van der Waals surface area contributed by atoms with Crippen LogP contribution in [0.5, 0.6) is 5.75 Å². The van der Waals surface area contributed by atoms with Crippen LogP contribution in [0.3, 0.4) is 0 Å². The van der Waals surface area contributed by atoms with E-state index in [1.54, 1.807) is 0 Å². The van der Waals surface area contributed by atoms with Crippen LogP contribution in [0.25, 0.3) is 0 Å². The van der Waals surface area contributed by atoms with Gasteiger partial charge < -0.3 is 10.1 Å². The molecular weight excluding hydrogens is 286 g/mol. The molecule has 1 N–H and O–H groups in total. The summed E-state index contributed by atoms with van der Waals surface area (Å²) in [5.41, 5.74) is 2.84. The molecule has 1 fully saturated rings. The second-order valence-corrected chi connectivity index (χ2v) is 7.09. The molecule has 1 amide bonds. The topological polar surface area (TPSA) is 38.3 Å². The third-order valence-electron chi connectivity index (χ3n) is 5.20. The zero-order chi connectivity index (χ0) is 16.1. The molecule has 3 nitrogen and oxygen atoms in total. The van der Waals surface area contributed by atoms with Gasteiger partial charge in [-0.05, 0) is 68.7 Å². The van der Waals surface area contributed by atoms with Crippen LogP contribution in [-0.4, -0.2) is 18.1 Å². The molecule has 1 atom stereocenters. The van der Waals surface area contributed by atoms with Gasteiger partial charge in [0, 0.05) is 6.04 Å². The van der Waals surface area contributed by atoms with E-state index in [0.29, 0.717) is 6.04 Å². The predicted octanol–water partition coefficient (Wildman–Crippen LogP) is 4.17. The number of amides is 1. The Morgan fingerprint density at radius 1 is 1.04 bits per heavy atom. The highest BCUT2D eigenvalue weighted by atomic mass is 16.5. The summed E-state index contributed by atoms with van der Waals surface area (Å²) in [5.74, 6) is 0.851. The number of rotatable bonds is 4. The Morgan fingerprint density at radius 2 is 1.74 bits per heavy atom. The van der Waals surface area contributed by atoms with Crippen molar-refractivity contribution in [3.8, 4) is 5.75 Å². The highest BCUT2D eigenvalue weighted by Gasteiger charge is 2.20. The Hall–Kier alpha value is -1.51. The number of ether oxygens (including phenoxy) is 1. The molecule has 1 aromatic rings. The normalized spacial score (nSPS) is 20.2. The maximum atomic E-state index is 12.4. The number of hydrogen-bond donors (Lipinski definition) is 1. The van der Waals surface area contributed by atoms with Crippen molar-refractivity contribution < 1.29 is 9.53 Å². The smallest absolute Gasteiger partial charge is 0.260 e. The number of hydrogen-bond acceptors (Lipinski definition) is 2. The molecule has 0 aliphatic heterocycles. The van der Waals surface area contributed by atoms with Crippen LogP contribution in [0.4, 0.5) is 0 Å². The minimum atomic E-state index is -0.431. The molecule has 1 saturated carbocycles. The summed E-state index contributed by atoms with van der Waals surface area (Å²) in [6, 6.07) is 6.64. The third-order valence-corrected chi connectivity index (χ3v) is 5.20. The van der Waals surface area contributed by atoms with Gasteiger partial charge >= 0.3 is 0 Å². The van der Waals surface area contributed by atoms with Crippen LogP contribution in [0.1, 0.15) is 69.4 Å². The average molecular weight is 315 g/mol. The van der Waals surface area contributed by atoms with Crippen LogP contribution < -0.4 is 10.1 Å². The Balaban J connectivity index is 1.55. The standard InChI is InChI=1S/C20H29NO2/c1-15(20(22)21-18-10-4-2-3-5-11-18)23-19-13-12-16-8-6-7-9-17(16)14-19/h12-15,18H,2-11H2,1H3,(H,21,22)/t15-/m1/s1. The molecule has 2 aliphatic carbocycles. The molecule has 0 heterocycles. The molecule has 3 rings (SSSR count). The number of nitrogens with one attached hydrogen (secondary N) is 1. The Morgan fingerprint density at radius 3 is 2.48 bits per heavy atom. The second-order valence-electron chi connectivity index (χ2n) is 7.09. The summed E-state index contributed by atoms with van der Waals surface area (Å²) in [5, 5.41) is 3.18. The number of carbonyl (C=O) groups excluding carboxylic acids is 1. The zero-order valence-corrected chi connectivity index (χ0v) is 14.3. The maximum absolute atomic E-state index is 12.4. The van der Waals surface area contributed by atoms with Crippen LogP contribution in [0.2, 0.25) is 0 Å². The molecule has 126 valence electrons. The molecule has 3 heteroatoms. The van der Waals surface area contributed by atoms with Crippen molar-refractivity contribution in [2.24, 2.45) is 0 Å². The second kappa shape index (κ2) is 7.85. The van der Waals surface area contributed by atoms with E-state index in [-0.39, 0.29) is 5.91 Å². The van der Waals surface area contributed by atoms with Gasteiger partial charge in [0.2, 0.25) is 0 Å². The molecule has 0 saturated heterocycles. The lowest BCUT2D eigenvalue weighted by Crippen LogP contribution is -2.42. The quantitative estimate of drug-likeness (QED) is 0.847. The van der Waals surface area contributed by atoms with Crippen molar-refractivity contribution in [3.63, 3.8) is 0 Å². The third kappa shape index (κ3) is 4.49. The summed E-state index contributed by atoms with van der Waals surface area (Å²) in [6.07, 6.45) is 11.7. The van der Waals surface area contributed by atoms with Gasteiger partial charge in [0.05, 0.1) is 0 Å². The van der Waals surface area contributed by atoms with Crippen LogP contribution in [0, 0.1) is 0 Å². The first-order valence-corrected chi connectivity index (χ1v) is 9.31. The monoisotopic (exact) mass is 315 g/mol. The lowest BCUT2D eigenvalue weighted by atomic mass is 9.92. The highest BCUT2D eigenvalue weighted by Crippen LogP contribution is 2.26. The van der Waals surface area contributed by atoms with Crippen molar-refractivity contribution in [2.75, 3.05) is 0 Å². The minimum absolute atomic E-state index is 0.0228. The van der Waals surface area contributed by atoms with Crippen LogP contribution in [0.15, 0.2) is 18.2 Å². The predicted molar refractivity (Wildman–Crippen MR) is 92.8 cm³/mol. The molecule has 0 unspecified atom stereocenters. The summed E-state index contributed by atoms with van der Waals surface area (Å²) < 4.78 is 5.90. The van der Waals surface area contributed by atoms with Crippen LogP contribution >= 0.6 is 0 Å². The molecule has 2 aliphatic rings. The van der Waals surface area contributed by atoms with E-state index in [0.717, 1.165) is 25.0 Å². The highest BCUT2D eigenvalue weighted by molar-refractivity contribution is 5.81. The minimum Gasteiger partial charge on any atom is -0.481 e. The first-order valence-electron chi connectivity index (χ1n) is 9.31. The average Bonchev–Trinajstić information content (AvgIpc) is 2.83. The van der Waals surface area contributed by atoms with Gasteiger partial charge in [0.25, 0.3) is 5.91 Å². The van der Waals surface area contributed by atoms with Crippen molar-refractivity contribution >= 4 is 5.91 Å². The maximum Gasteiger partial charge on any atom is 0.260 e. The van der Waals surface area contributed by atoms with E-state index in [9.17, 15) is 4.79 Å². The van der Waals surface area contributed by atoms with E-state index in [4.69, 9.17) is 4.74 Å². The molecular formula is C20H29NO2. The summed E-state index contributed by atoms with van der Waals surface area (Å²) in [6.45, 7) is 1.85. The number of benzene rings is 1. The SMILES string of the molecule is C[C@@H](Oc1ccc2c(c1)CCCC2)C(=O)NC1CCCCCC1. The fraction of sp³-hybridized carbons (Fsp3) is 0.650. The first-order chi connectivity index (χ1) is 11.2. The fourth-order valence-corrected chi connectivity index (χ4v) is 3.78. The molecule has 1 aromatic carbocycles. The van der Waals surface area contributed by atoms with E-state index in [1.807, 2.05) is 13.0 Å². The Kier molecular flexibility index (Phi) is 5.58. The first kappa shape index (κ1) is 16.4. The largest absolute Gasteiger partial charge is 0.481 e. The van der Waals surface area contributed by atoms with E-state index in [1.165, 1.54) is 56.1 Å². The van der Waals surface area contributed by atoms with E-state index >= 15 is 0 Å². The van der Waals surface area contributed by atoms with Gasteiger partial charge in [-0.25, -0.2) is 0 Å². The summed E-state index contributed by atoms with van der Waals surface area (Å²) in [4.78, 5) is 12.4. The fourth-order valence-electron chi connectivity index (χ4n) is 3.78. The van der Waals surface area contributed by atoms with Gasteiger partial charge in [0.1, 0.15) is 5.75 Å². The van der Waals surface area contributed by atoms with Crippen molar-refractivity contribution in [1.82, 2.24) is 5.32 Å².